The van der Waals surface area contributed by atoms with Gasteiger partial charge < -0.3 is 0 Å². The minimum atomic E-state index is -7.24. The molecule has 0 N–H and O–H groups in total. The first-order chi connectivity index (χ1) is 8.43. The Morgan fingerprint density at radius 1 is 0.700 bits per heavy atom. The molecule has 0 aliphatic rings. The third kappa shape index (κ3) is 4.16. The molecule has 122 valence electrons. The first kappa shape index (κ1) is 21.1. The van der Waals surface area contributed by atoms with Crippen molar-refractivity contribution < 1.29 is 57.1 Å². The topological polar surface area (TPSA) is 0 Å². The lowest BCUT2D eigenvalue weighted by molar-refractivity contribution is -0.403. The van der Waals surface area contributed by atoms with Gasteiger partial charge in [0.1, 0.15) is 0 Å². The van der Waals surface area contributed by atoms with Crippen LogP contribution in [-0.2, 0) is 0 Å². The molecule has 0 fully saturated rings. The van der Waals surface area contributed by atoms with E-state index >= 15 is 0 Å². The van der Waals surface area contributed by atoms with Gasteiger partial charge >= 0.3 is 23.9 Å². The number of alkyl halides is 11. The fraction of sp³-hybridized carbons (Fsp3) is 0.714. The van der Waals surface area contributed by atoms with Gasteiger partial charge in [-0.2, -0.15) is 43.9 Å². The fourth-order valence-electron chi connectivity index (χ4n) is 0.645. The van der Waals surface area contributed by atoms with E-state index in [1.807, 2.05) is 0 Å². The number of rotatable bonds is 2. The maximum atomic E-state index is 12.4. The zero-order chi connectivity index (χ0) is 17.2. The second-order valence-electron chi connectivity index (χ2n) is 2.92. The molecule has 0 aromatic heterocycles. The van der Waals surface area contributed by atoms with E-state index in [0.29, 0.717) is 0 Å². The molecule has 0 aromatic carbocycles. The molecular formula is C7H3F13. The maximum Gasteiger partial charge on any atom is 0.457 e. The fourth-order valence-corrected chi connectivity index (χ4v) is 0.645. The van der Waals surface area contributed by atoms with Gasteiger partial charge in [0.2, 0.25) is 0 Å². The smallest absolute Gasteiger partial charge is 0.220 e. The molecule has 0 amide bonds. The Kier molecular flexibility index (Phi) is 6.42. The Hall–Kier alpha value is -1.17. The van der Waals surface area contributed by atoms with Gasteiger partial charge in [-0.3, -0.25) is 0 Å². The second kappa shape index (κ2) is 6.08. The molecule has 1 atom stereocenters. The van der Waals surface area contributed by atoms with Gasteiger partial charge in [0, 0.05) is 0 Å². The summed E-state index contributed by atoms with van der Waals surface area (Å²) in [5.74, 6) is -7.24. The lowest BCUT2D eigenvalue weighted by Gasteiger charge is -2.34. The number of hydrogen-bond donors (Lipinski definition) is 0. The van der Waals surface area contributed by atoms with Crippen molar-refractivity contribution in [2.75, 3.05) is 0 Å². The molecule has 0 aliphatic heterocycles. The minimum Gasteiger partial charge on any atom is -0.220 e. The third-order valence-electron chi connectivity index (χ3n) is 1.53. The van der Waals surface area contributed by atoms with Crippen LogP contribution in [0.3, 0.4) is 0 Å². The molecule has 0 saturated heterocycles. The Bertz CT molecular complexity index is 319. The largest absolute Gasteiger partial charge is 0.457 e. The van der Waals surface area contributed by atoms with Crippen molar-refractivity contribution in [3.05, 3.63) is 12.7 Å². The zero-order valence-electron chi connectivity index (χ0n) is 8.70. The summed E-state index contributed by atoms with van der Waals surface area (Å²) in [7, 11) is 0. The van der Waals surface area contributed by atoms with E-state index < -0.39 is 36.4 Å². The normalized spacial score (nSPS) is 16.3. The van der Waals surface area contributed by atoms with Gasteiger partial charge in [0.25, 0.3) is 12.5 Å². The molecule has 0 spiro atoms. The summed E-state index contributed by atoms with van der Waals surface area (Å²) in [6, 6.07) is 0. The van der Waals surface area contributed by atoms with Gasteiger partial charge in [-0.1, -0.05) is 0 Å². The highest BCUT2D eigenvalue weighted by Crippen LogP contribution is 2.55. The van der Waals surface area contributed by atoms with E-state index in [1.165, 1.54) is 0 Å². The van der Waals surface area contributed by atoms with Crippen LogP contribution in [0, 0.1) is 0 Å². The molecule has 0 aliphatic carbocycles. The molecule has 0 aromatic rings. The third-order valence-corrected chi connectivity index (χ3v) is 1.53. The molecule has 13 heteroatoms. The quantitative estimate of drug-likeness (QED) is 0.615. The van der Waals surface area contributed by atoms with E-state index in [2.05, 4.69) is 6.58 Å². The Morgan fingerprint density at radius 2 is 0.950 bits per heavy atom. The summed E-state index contributed by atoms with van der Waals surface area (Å²) in [6.45, 7) is 2.22. The first-order valence-corrected chi connectivity index (χ1v) is 3.91. The lowest BCUT2D eigenvalue weighted by atomic mass is 9.97. The van der Waals surface area contributed by atoms with Gasteiger partial charge in [-0.25, -0.2) is 13.2 Å². The average molecular weight is 334 g/mol. The van der Waals surface area contributed by atoms with Gasteiger partial charge in [-0.05, 0) is 6.58 Å². The molecule has 1 unspecified atom stereocenters. The van der Waals surface area contributed by atoms with Gasteiger partial charge in [0.05, 0.1) is 0 Å². The van der Waals surface area contributed by atoms with Crippen LogP contribution in [0.2, 0.25) is 0 Å². The molecule has 0 rings (SSSR count). The summed E-state index contributed by atoms with van der Waals surface area (Å²) < 4.78 is 149. The molecule has 0 nitrogen and oxygen atoms in total. The van der Waals surface area contributed by atoms with Gasteiger partial charge in [-0.15, -0.1) is 0 Å². The van der Waals surface area contributed by atoms with E-state index in [9.17, 15) is 57.1 Å². The Labute approximate surface area is 101 Å². The van der Waals surface area contributed by atoms with E-state index in [1.54, 1.807) is 0 Å². The van der Waals surface area contributed by atoms with Crippen LogP contribution in [0.4, 0.5) is 57.1 Å². The van der Waals surface area contributed by atoms with Crippen molar-refractivity contribution in [2.24, 2.45) is 0 Å². The van der Waals surface area contributed by atoms with Crippen molar-refractivity contribution in [3.63, 3.8) is 0 Å². The summed E-state index contributed by atoms with van der Waals surface area (Å²) >= 11 is 0. The number of halogens is 13. The van der Waals surface area contributed by atoms with Crippen molar-refractivity contribution in [2.45, 2.75) is 30.4 Å². The summed E-state index contributed by atoms with van der Waals surface area (Å²) in [5, 5.41) is 0. The monoisotopic (exact) mass is 334 g/mol. The summed E-state index contributed by atoms with van der Waals surface area (Å²) in [4.78, 5) is 0. The van der Waals surface area contributed by atoms with Crippen LogP contribution in [0.1, 0.15) is 0 Å². The van der Waals surface area contributed by atoms with Crippen molar-refractivity contribution in [3.8, 4) is 0 Å². The van der Waals surface area contributed by atoms with Crippen LogP contribution >= 0.6 is 0 Å². The first-order valence-electron chi connectivity index (χ1n) is 3.91. The SMILES string of the molecule is C=C(F)F.FC(F)C(F)(C(F)(F)F)C(F)(F)C(F)(F)F. The molecule has 0 heterocycles. The van der Waals surface area contributed by atoms with E-state index in [4.69, 9.17) is 0 Å². The van der Waals surface area contributed by atoms with Crippen molar-refractivity contribution in [1.82, 2.24) is 0 Å². The highest BCUT2D eigenvalue weighted by molar-refractivity contribution is 5.05. The van der Waals surface area contributed by atoms with Crippen molar-refractivity contribution in [1.29, 1.82) is 0 Å². The predicted octanol–water partition coefficient (Wildman–Crippen LogP) is 5.12. The zero-order valence-corrected chi connectivity index (χ0v) is 8.70. The maximum absolute atomic E-state index is 12.4. The molecular weight excluding hydrogens is 331 g/mol. The highest BCUT2D eigenvalue weighted by atomic mass is 19.4. The second-order valence-corrected chi connectivity index (χ2v) is 2.92. The Balaban J connectivity index is 0. The van der Waals surface area contributed by atoms with Crippen LogP contribution in [0.25, 0.3) is 0 Å². The molecule has 20 heavy (non-hydrogen) atoms. The lowest BCUT2D eigenvalue weighted by Crippen LogP contribution is -2.65. The van der Waals surface area contributed by atoms with Crippen molar-refractivity contribution >= 4 is 0 Å². The summed E-state index contributed by atoms with van der Waals surface area (Å²) in [6.07, 6.45) is -21.6. The molecule has 0 saturated carbocycles. The summed E-state index contributed by atoms with van der Waals surface area (Å²) in [5.41, 5.74) is -6.97. The number of hydrogen-bond acceptors (Lipinski definition) is 0. The van der Waals surface area contributed by atoms with Crippen LogP contribution < -0.4 is 0 Å². The average Bonchev–Trinajstić information content (AvgIpc) is 2.10. The molecule has 0 radical (unpaired) electrons. The van der Waals surface area contributed by atoms with Gasteiger partial charge in [0.15, 0.2) is 0 Å². The van der Waals surface area contributed by atoms with E-state index in [-0.39, 0.29) is 0 Å². The minimum absolute atomic E-state index is 1.83. The standard InChI is InChI=1S/C5HF11.C2H2F2/c6-1(7)2(8,4(11,12)13)3(9,10)5(14,15)16;1-2(3)4/h1H;1H2. The molecule has 0 bridgehead atoms. The Morgan fingerprint density at radius 3 is 1.00 bits per heavy atom. The predicted molar refractivity (Wildman–Crippen MR) is 38.3 cm³/mol. The highest BCUT2D eigenvalue weighted by Gasteiger charge is 2.85. The van der Waals surface area contributed by atoms with Crippen LogP contribution in [0.5, 0.6) is 0 Å². The van der Waals surface area contributed by atoms with Crippen LogP contribution in [0.15, 0.2) is 12.7 Å². The van der Waals surface area contributed by atoms with E-state index in [0.717, 1.165) is 0 Å². The van der Waals surface area contributed by atoms with Crippen LogP contribution in [-0.4, -0.2) is 30.4 Å².